The van der Waals surface area contributed by atoms with Crippen LogP contribution in [0.4, 0.5) is 0 Å². The number of aromatic amines is 1. The molecule has 45 heavy (non-hydrogen) atoms. The molecule has 7 nitrogen and oxygen atoms in total. The van der Waals surface area contributed by atoms with Gasteiger partial charge in [-0.2, -0.15) is 0 Å². The van der Waals surface area contributed by atoms with Crippen molar-refractivity contribution >= 4 is 12.3 Å². The van der Waals surface area contributed by atoms with Gasteiger partial charge in [-0.1, -0.05) is 72.7 Å². The van der Waals surface area contributed by atoms with E-state index in [-0.39, 0.29) is 5.41 Å². The number of imidazole rings is 1. The first kappa shape index (κ1) is 35.9. The fourth-order valence-electron chi connectivity index (χ4n) is 5.02. The zero-order valence-electron chi connectivity index (χ0n) is 29.0. The minimum absolute atomic E-state index is 0.0967. The lowest BCUT2D eigenvalue weighted by Gasteiger charge is -2.19. The van der Waals surface area contributed by atoms with E-state index in [2.05, 4.69) is 75.4 Å². The smallest absolute Gasteiger partial charge is 0.138 e. The molecule has 0 aliphatic rings. The maximum Gasteiger partial charge on any atom is 0.138 e. The summed E-state index contributed by atoms with van der Waals surface area (Å²) in [4.78, 5) is 13.3. The van der Waals surface area contributed by atoms with Crippen molar-refractivity contribution in [2.45, 2.75) is 73.6 Å². The monoisotopic (exact) mass is 616 g/mol. The van der Waals surface area contributed by atoms with E-state index in [4.69, 9.17) is 19.2 Å². The van der Waals surface area contributed by atoms with Gasteiger partial charge in [0.15, 0.2) is 0 Å². The molecule has 0 amide bonds. The molecule has 1 heterocycles. The van der Waals surface area contributed by atoms with Gasteiger partial charge in [-0.3, -0.25) is 0 Å². The number of allylic oxidation sites excluding steroid dienone is 2. The summed E-state index contributed by atoms with van der Waals surface area (Å²) in [6, 6.07) is 16.3. The number of ether oxygens (including phenoxy) is 3. The molecule has 0 radical (unpaired) electrons. The van der Waals surface area contributed by atoms with Crippen molar-refractivity contribution in [2.75, 3.05) is 52.5 Å². The Hall–Kier alpha value is -3.55. The van der Waals surface area contributed by atoms with E-state index in [1.165, 1.54) is 5.56 Å². The number of nitrogens with zero attached hydrogens (tertiary/aromatic N) is 3. The molecule has 0 saturated heterocycles. The standard InChI is InChI=1S/C38H56N4O3/c1-9-32(44-26-16-24-42(12-4)13-5)28-35-36(29-43-25-15-23-41(10-2)11-3)40-37(39-35)30-17-14-18-34(27-30)45-33-21-19-31(20-22-33)38(6,7)8/h9,14,17-22,27-29H,10-13,15-16,23-26H2,1-8H3,(H,39,40)/b32-9+,35-28+,36-29-. The molecule has 7 heteroatoms. The SMILES string of the molecule is C\C=C(/C=c1/nc(-c2cccc(Oc3ccc(C(C)(C)C)cc3)c2)[nH]/c1=C\OCCCN(CC)CC)OCCCN(CC)CC. The van der Waals surface area contributed by atoms with Gasteiger partial charge in [0.25, 0.3) is 0 Å². The van der Waals surface area contributed by atoms with Crippen LogP contribution in [0.5, 0.6) is 11.5 Å². The molecule has 2 aromatic carbocycles. The highest BCUT2D eigenvalue weighted by molar-refractivity contribution is 5.59. The average Bonchev–Trinajstić information content (AvgIpc) is 3.44. The van der Waals surface area contributed by atoms with Crippen LogP contribution in [0.2, 0.25) is 0 Å². The second kappa shape index (κ2) is 18.4. The van der Waals surface area contributed by atoms with Crippen LogP contribution >= 0.6 is 0 Å². The Morgan fingerprint density at radius 2 is 1.49 bits per heavy atom. The molecular formula is C38H56N4O3. The molecule has 0 unspecified atom stereocenters. The van der Waals surface area contributed by atoms with Gasteiger partial charge >= 0.3 is 0 Å². The number of hydrogen-bond donors (Lipinski definition) is 1. The predicted molar refractivity (Wildman–Crippen MR) is 188 cm³/mol. The zero-order valence-corrected chi connectivity index (χ0v) is 29.0. The maximum atomic E-state index is 6.23. The van der Waals surface area contributed by atoms with Crippen LogP contribution in [0.1, 0.15) is 73.8 Å². The van der Waals surface area contributed by atoms with Gasteiger partial charge in [-0.25, -0.2) is 4.98 Å². The van der Waals surface area contributed by atoms with Gasteiger partial charge < -0.3 is 29.0 Å². The highest BCUT2D eigenvalue weighted by Gasteiger charge is 2.13. The molecule has 0 spiro atoms. The fourth-order valence-corrected chi connectivity index (χ4v) is 5.02. The normalized spacial score (nSPS) is 13.2. The topological polar surface area (TPSA) is 62.9 Å². The molecule has 0 atom stereocenters. The van der Waals surface area contributed by atoms with Gasteiger partial charge in [-0.15, -0.1) is 0 Å². The Kier molecular flexibility index (Phi) is 14.7. The van der Waals surface area contributed by atoms with Crippen LogP contribution < -0.4 is 15.4 Å². The van der Waals surface area contributed by atoms with E-state index >= 15 is 0 Å². The first-order valence-electron chi connectivity index (χ1n) is 16.7. The Balaban J connectivity index is 1.83. The second-order valence-electron chi connectivity index (χ2n) is 12.2. The van der Waals surface area contributed by atoms with Crippen molar-refractivity contribution in [2.24, 2.45) is 0 Å². The van der Waals surface area contributed by atoms with E-state index in [0.717, 1.165) is 91.5 Å². The first-order chi connectivity index (χ1) is 21.7. The van der Waals surface area contributed by atoms with Crippen LogP contribution in [-0.2, 0) is 14.9 Å². The van der Waals surface area contributed by atoms with Crippen molar-refractivity contribution in [1.29, 1.82) is 0 Å². The summed E-state index contributed by atoms with van der Waals surface area (Å²) in [5.41, 5.74) is 2.30. The molecule has 1 N–H and O–H groups in total. The van der Waals surface area contributed by atoms with Crippen molar-refractivity contribution in [3.8, 4) is 22.9 Å². The summed E-state index contributed by atoms with van der Waals surface area (Å²) >= 11 is 0. The highest BCUT2D eigenvalue weighted by Crippen LogP contribution is 2.28. The quantitative estimate of drug-likeness (QED) is 0.122. The van der Waals surface area contributed by atoms with Crippen LogP contribution in [0.3, 0.4) is 0 Å². The second-order valence-corrected chi connectivity index (χ2v) is 12.2. The zero-order chi connectivity index (χ0) is 32.7. The number of rotatable bonds is 18. The molecule has 0 aliphatic heterocycles. The third kappa shape index (κ3) is 11.7. The molecule has 0 bridgehead atoms. The van der Waals surface area contributed by atoms with E-state index in [9.17, 15) is 0 Å². The largest absolute Gasteiger partial charge is 0.499 e. The number of aromatic nitrogens is 2. The van der Waals surface area contributed by atoms with Crippen LogP contribution in [-0.4, -0.2) is 72.3 Å². The minimum Gasteiger partial charge on any atom is -0.499 e. The lowest BCUT2D eigenvalue weighted by Crippen LogP contribution is -2.26. The predicted octanol–water partition coefficient (Wildman–Crippen LogP) is 7.09. The highest BCUT2D eigenvalue weighted by atomic mass is 16.5. The number of nitrogens with one attached hydrogen (secondary N) is 1. The first-order valence-corrected chi connectivity index (χ1v) is 16.7. The van der Waals surface area contributed by atoms with Crippen molar-refractivity contribution in [3.05, 3.63) is 76.6 Å². The van der Waals surface area contributed by atoms with E-state index in [0.29, 0.717) is 13.2 Å². The van der Waals surface area contributed by atoms with E-state index < -0.39 is 0 Å². The van der Waals surface area contributed by atoms with Gasteiger partial charge in [0, 0.05) is 24.7 Å². The molecule has 1 aromatic heterocycles. The lowest BCUT2D eigenvalue weighted by molar-refractivity contribution is 0.198. The molecule has 0 saturated carbocycles. The van der Waals surface area contributed by atoms with E-state index in [1.54, 1.807) is 6.26 Å². The van der Waals surface area contributed by atoms with Crippen LogP contribution in [0.15, 0.2) is 60.4 Å². The van der Waals surface area contributed by atoms with Crippen molar-refractivity contribution in [3.63, 3.8) is 0 Å². The number of H-pyrrole nitrogens is 1. The van der Waals surface area contributed by atoms with Gasteiger partial charge in [0.2, 0.25) is 0 Å². The van der Waals surface area contributed by atoms with Crippen LogP contribution in [0.25, 0.3) is 23.7 Å². The number of hydrogen-bond acceptors (Lipinski definition) is 6. The maximum absolute atomic E-state index is 6.23. The summed E-state index contributed by atoms with van der Waals surface area (Å²) in [5.74, 6) is 3.09. The molecule has 0 aliphatic carbocycles. The molecular weight excluding hydrogens is 560 g/mol. The third-order valence-electron chi connectivity index (χ3n) is 8.00. The Bertz CT molecular complexity index is 1430. The average molecular weight is 617 g/mol. The Morgan fingerprint density at radius 3 is 2.09 bits per heavy atom. The third-order valence-corrected chi connectivity index (χ3v) is 8.00. The van der Waals surface area contributed by atoms with Gasteiger partial charge in [0.05, 0.1) is 18.6 Å². The summed E-state index contributed by atoms with van der Waals surface area (Å²) in [6.07, 6.45) is 7.69. The van der Waals surface area contributed by atoms with Crippen molar-refractivity contribution < 1.29 is 14.2 Å². The van der Waals surface area contributed by atoms with Gasteiger partial charge in [0.1, 0.15) is 34.7 Å². The van der Waals surface area contributed by atoms with Crippen LogP contribution in [0, 0.1) is 0 Å². The van der Waals surface area contributed by atoms with Crippen molar-refractivity contribution in [1.82, 2.24) is 19.8 Å². The van der Waals surface area contributed by atoms with E-state index in [1.807, 2.05) is 55.5 Å². The fraction of sp³-hybridized carbons (Fsp3) is 0.500. The summed E-state index contributed by atoms with van der Waals surface area (Å²) in [6.45, 7) is 24.9. The molecule has 3 aromatic rings. The molecule has 3 rings (SSSR count). The minimum atomic E-state index is 0.0967. The van der Waals surface area contributed by atoms with Gasteiger partial charge in [-0.05, 0) is 87.3 Å². The molecule has 246 valence electrons. The Labute approximate surface area is 271 Å². The Morgan fingerprint density at radius 1 is 0.844 bits per heavy atom. The molecule has 0 fully saturated rings. The number of benzene rings is 2. The summed E-state index contributed by atoms with van der Waals surface area (Å²) in [5, 5.41) is 1.58. The lowest BCUT2D eigenvalue weighted by atomic mass is 9.87. The summed E-state index contributed by atoms with van der Waals surface area (Å²) < 4.78 is 18.4. The summed E-state index contributed by atoms with van der Waals surface area (Å²) in [7, 11) is 0.